The number of nitrogen functional groups attached to an aromatic ring is 1. The van der Waals surface area contributed by atoms with Crippen molar-refractivity contribution in [1.82, 2.24) is 9.78 Å². The summed E-state index contributed by atoms with van der Waals surface area (Å²) in [6.07, 6.45) is 0.992. The number of nitrogens with zero attached hydrogens (tertiary/aromatic N) is 2. The van der Waals surface area contributed by atoms with Crippen molar-refractivity contribution in [3.05, 3.63) is 41.6 Å². The Balaban J connectivity index is 2.29. The molecule has 2 aromatic rings. The van der Waals surface area contributed by atoms with Crippen LogP contribution in [0.5, 0.6) is 0 Å². The summed E-state index contributed by atoms with van der Waals surface area (Å²) in [5.74, 6) is 1.23. The first-order valence-corrected chi connectivity index (χ1v) is 7.18. The number of anilines is 2. The van der Waals surface area contributed by atoms with E-state index in [4.69, 9.17) is 5.73 Å². The number of nitrogens with two attached hydrogens (primary N) is 1. The molecule has 1 aromatic carbocycles. The van der Waals surface area contributed by atoms with E-state index >= 15 is 0 Å². The van der Waals surface area contributed by atoms with Crippen molar-refractivity contribution in [1.29, 1.82) is 0 Å². The fourth-order valence-corrected chi connectivity index (χ4v) is 2.43. The highest BCUT2D eigenvalue weighted by atomic mass is 15.3. The van der Waals surface area contributed by atoms with Gasteiger partial charge in [-0.1, -0.05) is 51.1 Å². The van der Waals surface area contributed by atoms with Crippen molar-refractivity contribution in [3.63, 3.8) is 0 Å². The number of rotatable bonds is 5. The first-order valence-electron chi connectivity index (χ1n) is 7.18. The summed E-state index contributed by atoms with van der Waals surface area (Å²) in [6, 6.07) is 10.7. The second-order valence-corrected chi connectivity index (χ2v) is 5.44. The number of benzene rings is 1. The molecule has 0 amide bonds. The van der Waals surface area contributed by atoms with Crippen molar-refractivity contribution < 1.29 is 0 Å². The van der Waals surface area contributed by atoms with Crippen LogP contribution >= 0.6 is 0 Å². The van der Waals surface area contributed by atoms with Crippen LogP contribution in [0.3, 0.4) is 0 Å². The van der Waals surface area contributed by atoms with Gasteiger partial charge in [-0.05, 0) is 17.9 Å². The molecule has 0 spiro atoms. The van der Waals surface area contributed by atoms with Crippen LogP contribution in [0.2, 0.25) is 0 Å². The van der Waals surface area contributed by atoms with E-state index < -0.39 is 0 Å². The van der Waals surface area contributed by atoms with Gasteiger partial charge in [-0.2, -0.15) is 5.10 Å². The van der Waals surface area contributed by atoms with Gasteiger partial charge in [0, 0.05) is 7.05 Å². The lowest BCUT2D eigenvalue weighted by atomic mass is 10.0. The van der Waals surface area contributed by atoms with Crippen molar-refractivity contribution in [2.75, 3.05) is 11.1 Å². The standard InChI is InChI=1S/C16H24N4/c1-5-13(12-9-7-6-8-10-12)18-16-14(17)15(11(2)3)19-20(16)4/h6-11,13,18H,5,17H2,1-4H3. The summed E-state index contributed by atoms with van der Waals surface area (Å²) in [6.45, 7) is 6.38. The zero-order chi connectivity index (χ0) is 14.7. The van der Waals surface area contributed by atoms with E-state index in [-0.39, 0.29) is 6.04 Å². The number of aromatic nitrogens is 2. The molecule has 1 aromatic heterocycles. The lowest BCUT2D eigenvalue weighted by molar-refractivity contribution is 0.691. The first-order chi connectivity index (χ1) is 9.54. The van der Waals surface area contributed by atoms with Gasteiger partial charge in [-0.3, -0.25) is 4.68 Å². The minimum Gasteiger partial charge on any atom is -0.394 e. The fraction of sp³-hybridized carbons (Fsp3) is 0.438. The van der Waals surface area contributed by atoms with E-state index in [1.807, 2.05) is 17.8 Å². The van der Waals surface area contributed by atoms with Crippen LogP contribution in [0.15, 0.2) is 30.3 Å². The van der Waals surface area contributed by atoms with E-state index in [9.17, 15) is 0 Å². The molecular formula is C16H24N4. The maximum atomic E-state index is 6.24. The molecule has 108 valence electrons. The third kappa shape index (κ3) is 2.79. The van der Waals surface area contributed by atoms with Gasteiger partial charge in [0.05, 0.1) is 17.4 Å². The number of aryl methyl sites for hydroxylation is 1. The Labute approximate surface area is 121 Å². The quantitative estimate of drug-likeness (QED) is 0.872. The molecule has 1 heterocycles. The zero-order valence-corrected chi connectivity index (χ0v) is 12.7. The molecule has 0 aliphatic rings. The smallest absolute Gasteiger partial charge is 0.148 e. The van der Waals surface area contributed by atoms with Crippen LogP contribution < -0.4 is 11.1 Å². The number of hydrogen-bond acceptors (Lipinski definition) is 3. The Kier molecular flexibility index (Phi) is 4.32. The first kappa shape index (κ1) is 14.4. The minimum atomic E-state index is 0.244. The summed E-state index contributed by atoms with van der Waals surface area (Å²) >= 11 is 0. The molecule has 4 nitrogen and oxygen atoms in total. The van der Waals surface area contributed by atoms with Gasteiger partial charge in [0.15, 0.2) is 0 Å². The Morgan fingerprint density at radius 1 is 1.25 bits per heavy atom. The summed E-state index contributed by atoms with van der Waals surface area (Å²) in [7, 11) is 1.93. The van der Waals surface area contributed by atoms with Gasteiger partial charge in [0.25, 0.3) is 0 Å². The molecule has 2 rings (SSSR count). The molecule has 1 atom stereocenters. The topological polar surface area (TPSA) is 55.9 Å². The van der Waals surface area contributed by atoms with E-state index in [0.29, 0.717) is 5.92 Å². The second kappa shape index (κ2) is 5.99. The fourth-order valence-electron chi connectivity index (χ4n) is 2.43. The van der Waals surface area contributed by atoms with Gasteiger partial charge in [-0.15, -0.1) is 0 Å². The molecule has 1 unspecified atom stereocenters. The lowest BCUT2D eigenvalue weighted by Crippen LogP contribution is -2.13. The molecule has 0 saturated carbocycles. The highest BCUT2D eigenvalue weighted by Crippen LogP contribution is 2.31. The summed E-state index contributed by atoms with van der Waals surface area (Å²) < 4.78 is 1.84. The highest BCUT2D eigenvalue weighted by Gasteiger charge is 2.18. The molecule has 0 saturated heterocycles. The summed E-state index contributed by atoms with van der Waals surface area (Å²) in [5.41, 5.74) is 9.22. The maximum absolute atomic E-state index is 6.24. The molecule has 0 aliphatic heterocycles. The van der Waals surface area contributed by atoms with Crippen LogP contribution in [0.25, 0.3) is 0 Å². The average Bonchev–Trinajstić information content (AvgIpc) is 2.73. The van der Waals surface area contributed by atoms with E-state index in [2.05, 4.69) is 55.5 Å². The van der Waals surface area contributed by atoms with E-state index in [0.717, 1.165) is 23.6 Å². The highest BCUT2D eigenvalue weighted by molar-refractivity contribution is 5.66. The minimum absolute atomic E-state index is 0.244. The predicted molar refractivity (Wildman–Crippen MR) is 84.8 cm³/mol. The van der Waals surface area contributed by atoms with Crippen LogP contribution in [-0.4, -0.2) is 9.78 Å². The molecular weight excluding hydrogens is 248 g/mol. The SMILES string of the molecule is CCC(Nc1c(N)c(C(C)C)nn1C)c1ccccc1. The number of hydrogen-bond donors (Lipinski definition) is 2. The van der Waals surface area contributed by atoms with Gasteiger partial charge in [0.1, 0.15) is 5.82 Å². The van der Waals surface area contributed by atoms with E-state index in [1.165, 1.54) is 5.56 Å². The van der Waals surface area contributed by atoms with Gasteiger partial charge in [0.2, 0.25) is 0 Å². The van der Waals surface area contributed by atoms with Crippen molar-refractivity contribution in [3.8, 4) is 0 Å². The van der Waals surface area contributed by atoms with E-state index in [1.54, 1.807) is 0 Å². The summed E-state index contributed by atoms with van der Waals surface area (Å²) in [4.78, 5) is 0. The molecule has 0 aliphatic carbocycles. The number of nitrogens with one attached hydrogen (secondary N) is 1. The van der Waals surface area contributed by atoms with Crippen LogP contribution in [0.4, 0.5) is 11.5 Å². The Bertz CT molecular complexity index is 557. The molecule has 20 heavy (non-hydrogen) atoms. The Hall–Kier alpha value is -1.97. The molecule has 0 radical (unpaired) electrons. The Morgan fingerprint density at radius 3 is 2.40 bits per heavy atom. The normalized spacial score (nSPS) is 12.7. The lowest BCUT2D eigenvalue weighted by Gasteiger charge is -2.19. The molecule has 0 fully saturated rings. The van der Waals surface area contributed by atoms with Crippen molar-refractivity contribution in [2.45, 2.75) is 39.2 Å². The third-order valence-corrected chi connectivity index (χ3v) is 3.58. The van der Waals surface area contributed by atoms with Crippen LogP contribution in [-0.2, 0) is 7.05 Å². The van der Waals surface area contributed by atoms with Crippen molar-refractivity contribution in [2.24, 2.45) is 7.05 Å². The van der Waals surface area contributed by atoms with Gasteiger partial charge in [-0.25, -0.2) is 0 Å². The Morgan fingerprint density at radius 2 is 1.90 bits per heavy atom. The van der Waals surface area contributed by atoms with Crippen LogP contribution in [0, 0.1) is 0 Å². The largest absolute Gasteiger partial charge is 0.394 e. The predicted octanol–water partition coefficient (Wildman–Crippen LogP) is 3.69. The third-order valence-electron chi connectivity index (χ3n) is 3.58. The molecule has 3 N–H and O–H groups in total. The summed E-state index contributed by atoms with van der Waals surface area (Å²) in [5, 5.41) is 8.05. The average molecular weight is 272 g/mol. The van der Waals surface area contributed by atoms with Gasteiger partial charge >= 0.3 is 0 Å². The maximum Gasteiger partial charge on any atom is 0.148 e. The molecule has 4 heteroatoms. The van der Waals surface area contributed by atoms with Gasteiger partial charge < -0.3 is 11.1 Å². The molecule has 0 bridgehead atoms. The monoisotopic (exact) mass is 272 g/mol. The second-order valence-electron chi connectivity index (χ2n) is 5.44. The zero-order valence-electron chi connectivity index (χ0n) is 12.7. The van der Waals surface area contributed by atoms with Crippen LogP contribution in [0.1, 0.15) is 50.4 Å². The van der Waals surface area contributed by atoms with Crippen molar-refractivity contribution >= 4 is 11.5 Å².